The number of rotatable bonds is 10. The smallest absolute Gasteiger partial charge is 0.434 e. The van der Waals surface area contributed by atoms with Gasteiger partial charge in [-0.05, 0) is 55.4 Å². The Morgan fingerprint density at radius 1 is 0.462 bits per heavy atom. The van der Waals surface area contributed by atoms with E-state index < -0.39 is 153 Å². The van der Waals surface area contributed by atoms with Crippen molar-refractivity contribution < 1.29 is 75.3 Å². The van der Waals surface area contributed by atoms with E-state index >= 15 is 26.3 Å². The highest BCUT2D eigenvalue weighted by atomic mass is 31.2. The molecular weight excluding hydrogens is 776 g/mol. The molecule has 0 saturated heterocycles. The van der Waals surface area contributed by atoms with Crippen molar-refractivity contribution in [2.75, 3.05) is 0 Å². The minimum atomic E-state index is -6.52. The molecule has 0 aliphatic heterocycles. The zero-order valence-corrected chi connectivity index (χ0v) is 30.0. The van der Waals surface area contributed by atoms with Crippen LogP contribution in [0.4, 0.5) is 70.7 Å². The second kappa shape index (κ2) is 15.2. The van der Waals surface area contributed by atoms with E-state index in [-0.39, 0.29) is 0 Å². The fourth-order valence-electron chi connectivity index (χ4n) is 6.02. The normalized spacial score (nSPS) is 12.5. The van der Waals surface area contributed by atoms with E-state index in [1.54, 1.807) is 27.7 Å². The van der Waals surface area contributed by atoms with Gasteiger partial charge in [-0.3, -0.25) is 0 Å². The van der Waals surface area contributed by atoms with Gasteiger partial charge in [0.2, 0.25) is 0 Å². The summed E-state index contributed by atoms with van der Waals surface area (Å²) in [6.45, 7) is 11.6. The van der Waals surface area contributed by atoms with Gasteiger partial charge >= 0.3 is 5.71 Å². The van der Waals surface area contributed by atoms with Crippen molar-refractivity contribution in [3.8, 4) is 0 Å². The van der Waals surface area contributed by atoms with Gasteiger partial charge in [-0.15, -0.1) is 0 Å². The molecule has 3 nitrogen and oxygen atoms in total. The van der Waals surface area contributed by atoms with Crippen LogP contribution in [-0.4, -0.2) is 34.7 Å². The van der Waals surface area contributed by atoms with Crippen molar-refractivity contribution in [2.45, 2.75) is 78.0 Å². The Morgan fingerprint density at radius 2 is 0.673 bits per heavy atom. The van der Waals surface area contributed by atoms with E-state index in [0.717, 1.165) is 0 Å². The van der Waals surface area contributed by atoms with E-state index in [4.69, 9.17) is 4.65 Å². The van der Waals surface area contributed by atoms with E-state index in [9.17, 15) is 44.3 Å². The average Bonchev–Trinajstić information content (AvgIpc) is 3.06. The third-order valence-corrected chi connectivity index (χ3v) is 16.4. The molecule has 0 spiro atoms. The van der Waals surface area contributed by atoms with Crippen LogP contribution >= 0.6 is 15.1 Å². The number of nitrogens with zero attached hydrogens (tertiary/aromatic N) is 1. The largest absolute Gasteiger partial charge is 0.644 e. The van der Waals surface area contributed by atoms with Crippen molar-refractivity contribution in [3.05, 3.63) is 87.3 Å². The lowest BCUT2D eigenvalue weighted by Gasteiger charge is -2.44. The van der Waals surface area contributed by atoms with E-state index in [1.165, 1.54) is 27.7 Å². The molecule has 21 heteroatoms. The molecule has 0 bridgehead atoms. The maximum atomic E-state index is 15.9. The Morgan fingerprint density at radius 3 is 0.865 bits per heavy atom. The fourth-order valence-corrected chi connectivity index (χ4v) is 14.5. The van der Waals surface area contributed by atoms with E-state index in [0.29, 0.717) is 0 Å². The zero-order valence-electron chi connectivity index (χ0n) is 28.2. The highest BCUT2D eigenvalue weighted by molar-refractivity contribution is 7.93. The highest BCUT2D eigenvalue weighted by Crippen LogP contribution is 2.73. The molecule has 3 aromatic carbocycles. The molecule has 0 aromatic heterocycles. The van der Waals surface area contributed by atoms with Crippen molar-refractivity contribution in [3.63, 3.8) is 0 Å². The van der Waals surface area contributed by atoms with Crippen molar-refractivity contribution in [1.82, 2.24) is 0 Å². The number of hydrogen-bond acceptors (Lipinski definition) is 3. The first-order chi connectivity index (χ1) is 23.8. The third kappa shape index (κ3) is 6.47. The summed E-state index contributed by atoms with van der Waals surface area (Å²) in [5, 5.41) is 0. The molecule has 0 saturated carbocycles. The number of carbonyl (C=O) groups is 1. The molecule has 0 atom stereocenters. The number of hydrogen-bond donors (Lipinski definition) is 0. The molecule has 0 aliphatic rings. The molecule has 3 rings (SSSR count). The second-order valence-electron chi connectivity index (χ2n) is 12.7. The molecular formula is C31H28BF15NO2P2+. The lowest BCUT2D eigenvalue weighted by atomic mass is 9.27. The van der Waals surface area contributed by atoms with Crippen LogP contribution in [0, 0.1) is 87.3 Å². The summed E-state index contributed by atoms with van der Waals surface area (Å²) < 4.78 is 238. The van der Waals surface area contributed by atoms with Gasteiger partial charge in [-0.25, -0.2) is 70.7 Å². The first-order valence-electron chi connectivity index (χ1n) is 15.1. The lowest BCUT2D eigenvalue weighted by Crippen LogP contribution is -2.75. The Balaban J connectivity index is 2.95. The van der Waals surface area contributed by atoms with Gasteiger partial charge in [-0.1, -0.05) is 16.4 Å². The second-order valence-corrected chi connectivity index (χ2v) is 20.2. The Labute approximate surface area is 288 Å². The summed E-state index contributed by atoms with van der Waals surface area (Å²) in [5.74, 6) is -48.0. The monoisotopic (exact) mass is 804 g/mol. The average molecular weight is 804 g/mol. The van der Waals surface area contributed by atoms with Crippen molar-refractivity contribution in [2.24, 2.45) is 4.52 Å². The molecule has 0 aliphatic carbocycles. The first kappa shape index (κ1) is 43.1. The number of carbonyl (C=O) groups excluding carboxylic acids is 1. The maximum Gasteiger partial charge on any atom is 0.434 e. The van der Waals surface area contributed by atoms with Crippen LogP contribution in [0.25, 0.3) is 0 Å². The van der Waals surface area contributed by atoms with Crippen LogP contribution in [0.2, 0.25) is 0 Å². The van der Waals surface area contributed by atoms with Gasteiger partial charge in [0, 0.05) is 0 Å². The molecule has 286 valence electrons. The summed E-state index contributed by atoms with van der Waals surface area (Å²) in [5.41, 5.74) is -14.2. The van der Waals surface area contributed by atoms with E-state index in [1.807, 2.05) is 0 Å². The molecule has 0 heterocycles. The molecule has 0 fully saturated rings. The summed E-state index contributed by atoms with van der Waals surface area (Å²) in [4.78, 5) is 14.7. The SMILES string of the molecule is CC(C)[P+](=N[P+](C(=O)O[B-](c1c(F)c(F)c(F)c(F)c1F)(c1c(F)c(F)c(F)c(F)c1F)c1c(F)c(F)c(F)c(F)c1F)(C(C)C)C(C)C)C(C)C. The fraction of sp³-hybridized carbons (Fsp3) is 0.387. The van der Waals surface area contributed by atoms with Crippen LogP contribution < -0.4 is 16.4 Å². The van der Waals surface area contributed by atoms with Crippen LogP contribution in [-0.2, 0) is 4.65 Å². The predicted molar refractivity (Wildman–Crippen MR) is 167 cm³/mol. The molecule has 0 N–H and O–H groups in total. The third-order valence-electron chi connectivity index (χ3n) is 8.40. The Bertz CT molecular complexity index is 1720. The topological polar surface area (TPSA) is 38.7 Å². The van der Waals surface area contributed by atoms with Crippen LogP contribution in [0.1, 0.15) is 55.4 Å². The van der Waals surface area contributed by atoms with Gasteiger partial charge < -0.3 is 4.65 Å². The maximum absolute atomic E-state index is 15.9. The van der Waals surface area contributed by atoms with Gasteiger partial charge in [0.05, 0.1) is 4.52 Å². The summed E-state index contributed by atoms with van der Waals surface area (Å²) in [7, 11) is -5.98. The summed E-state index contributed by atoms with van der Waals surface area (Å²) in [6, 6.07) is 0. The van der Waals surface area contributed by atoms with Crippen molar-refractivity contribution in [1.29, 1.82) is 0 Å². The lowest BCUT2D eigenvalue weighted by molar-refractivity contribution is 0.224. The molecule has 52 heavy (non-hydrogen) atoms. The first-order valence-corrected chi connectivity index (χ1v) is 18.4. The quantitative estimate of drug-likeness (QED) is 0.0673. The molecule has 3 aromatic rings. The Kier molecular flexibility index (Phi) is 12.6. The number of benzene rings is 3. The van der Waals surface area contributed by atoms with Crippen LogP contribution in [0.15, 0.2) is 4.52 Å². The van der Waals surface area contributed by atoms with Crippen molar-refractivity contribution >= 4 is 43.6 Å². The Hall–Kier alpha value is -3.33. The standard InChI is InChI=1S/C31H28BF15NO2P2/c1-9(2)51(10(3)4)48-52(11(5)6,12(7)8)31(49)50-32(13-16(33)22(39)28(45)23(40)17(13)34,14-18(35)24(41)29(46)25(42)19(14)36)15-20(37)26(43)30(47)27(44)21(15)38/h9-12H,1-8H3/q+1. The molecule has 0 unspecified atom stereocenters. The van der Waals surface area contributed by atoms with Gasteiger partial charge in [0.25, 0.3) is 21.5 Å². The van der Waals surface area contributed by atoms with E-state index in [2.05, 4.69) is 4.52 Å². The van der Waals surface area contributed by atoms with Gasteiger partial charge in [-0.2, -0.15) is 0 Å². The minimum absolute atomic E-state index is 0.407. The highest BCUT2D eigenvalue weighted by Gasteiger charge is 2.62. The molecule has 0 radical (unpaired) electrons. The molecule has 0 amide bonds. The van der Waals surface area contributed by atoms with Gasteiger partial charge in [0.1, 0.15) is 57.5 Å². The van der Waals surface area contributed by atoms with Crippen LogP contribution in [0.5, 0.6) is 0 Å². The predicted octanol–water partition coefficient (Wildman–Crippen LogP) is 10.1. The summed E-state index contributed by atoms with van der Waals surface area (Å²) >= 11 is 0. The van der Waals surface area contributed by atoms with Crippen LogP contribution in [0.3, 0.4) is 0 Å². The van der Waals surface area contributed by atoms with Gasteiger partial charge in [0.15, 0.2) is 52.4 Å². The summed E-state index contributed by atoms with van der Waals surface area (Å²) in [6.07, 6.45) is -6.52. The zero-order chi connectivity index (χ0) is 40.3. The minimum Gasteiger partial charge on any atom is -0.644 e. The number of halogens is 15.